The van der Waals surface area contributed by atoms with Gasteiger partial charge in [0.15, 0.2) is 0 Å². The summed E-state index contributed by atoms with van der Waals surface area (Å²) < 4.78 is 0. The summed E-state index contributed by atoms with van der Waals surface area (Å²) in [6, 6.07) is 14.3. The number of nitrogens with zero attached hydrogens (tertiary/aromatic N) is 2. The van der Waals surface area contributed by atoms with Crippen molar-refractivity contribution < 1.29 is 4.79 Å². The number of aromatic nitrogens is 3. The van der Waals surface area contributed by atoms with Gasteiger partial charge in [0.25, 0.3) is 11.5 Å². The van der Waals surface area contributed by atoms with Crippen molar-refractivity contribution in [1.29, 1.82) is 0 Å². The van der Waals surface area contributed by atoms with Crippen LogP contribution in [0.2, 0.25) is 0 Å². The SMILES string of the molecule is O=C(Nc1ccccn1)c1cnc(-c2ccccc2)[nH]c1=O. The van der Waals surface area contributed by atoms with E-state index in [0.717, 1.165) is 5.56 Å². The lowest BCUT2D eigenvalue weighted by atomic mass is 10.2. The van der Waals surface area contributed by atoms with Crippen LogP contribution in [0.3, 0.4) is 0 Å². The smallest absolute Gasteiger partial charge is 0.264 e. The number of amides is 1. The first-order valence-electron chi connectivity index (χ1n) is 6.61. The summed E-state index contributed by atoms with van der Waals surface area (Å²) >= 11 is 0. The second-order valence-electron chi connectivity index (χ2n) is 4.51. The lowest BCUT2D eigenvalue weighted by Crippen LogP contribution is -2.24. The van der Waals surface area contributed by atoms with Crippen molar-refractivity contribution in [2.24, 2.45) is 0 Å². The Labute approximate surface area is 125 Å². The van der Waals surface area contributed by atoms with E-state index in [1.165, 1.54) is 6.20 Å². The lowest BCUT2D eigenvalue weighted by molar-refractivity contribution is 0.102. The Morgan fingerprint density at radius 2 is 1.77 bits per heavy atom. The molecular weight excluding hydrogens is 280 g/mol. The molecule has 2 N–H and O–H groups in total. The zero-order chi connectivity index (χ0) is 15.4. The summed E-state index contributed by atoms with van der Waals surface area (Å²) in [5, 5.41) is 2.55. The number of anilines is 1. The number of pyridine rings is 1. The molecular formula is C16H12N4O2. The molecule has 0 radical (unpaired) electrons. The predicted octanol–water partition coefficient (Wildman–Crippen LogP) is 2.08. The van der Waals surface area contributed by atoms with Crippen LogP contribution in [-0.4, -0.2) is 20.9 Å². The summed E-state index contributed by atoms with van der Waals surface area (Å²) in [5.41, 5.74) is 0.212. The molecule has 0 unspecified atom stereocenters. The monoisotopic (exact) mass is 292 g/mol. The lowest BCUT2D eigenvalue weighted by Gasteiger charge is -2.04. The first-order chi connectivity index (χ1) is 10.7. The third-order valence-corrected chi connectivity index (χ3v) is 3.00. The van der Waals surface area contributed by atoms with E-state index in [9.17, 15) is 9.59 Å². The topological polar surface area (TPSA) is 87.7 Å². The van der Waals surface area contributed by atoms with Gasteiger partial charge in [0, 0.05) is 18.0 Å². The van der Waals surface area contributed by atoms with Crippen molar-refractivity contribution in [1.82, 2.24) is 15.0 Å². The number of hydrogen-bond acceptors (Lipinski definition) is 4. The summed E-state index contributed by atoms with van der Waals surface area (Å²) in [5.74, 6) is 0.242. The summed E-state index contributed by atoms with van der Waals surface area (Å²) in [6.45, 7) is 0. The van der Waals surface area contributed by atoms with Gasteiger partial charge in [-0.05, 0) is 12.1 Å². The van der Waals surface area contributed by atoms with Crippen LogP contribution in [0, 0.1) is 0 Å². The zero-order valence-electron chi connectivity index (χ0n) is 11.5. The maximum atomic E-state index is 12.1. The second kappa shape index (κ2) is 6.01. The first kappa shape index (κ1) is 13.7. The molecule has 1 amide bonds. The number of benzene rings is 1. The molecule has 0 aliphatic carbocycles. The van der Waals surface area contributed by atoms with Gasteiger partial charge in [0.2, 0.25) is 0 Å². The van der Waals surface area contributed by atoms with Crippen molar-refractivity contribution in [2.45, 2.75) is 0 Å². The predicted molar refractivity (Wildman–Crippen MR) is 82.5 cm³/mol. The molecule has 1 aromatic carbocycles. The molecule has 0 saturated heterocycles. The average molecular weight is 292 g/mol. The molecule has 2 aromatic heterocycles. The largest absolute Gasteiger partial charge is 0.306 e. The molecule has 2 heterocycles. The van der Waals surface area contributed by atoms with Crippen LogP contribution in [-0.2, 0) is 0 Å². The molecule has 0 fully saturated rings. The summed E-state index contributed by atoms with van der Waals surface area (Å²) in [4.78, 5) is 34.9. The van der Waals surface area contributed by atoms with Crippen LogP contribution in [0.1, 0.15) is 10.4 Å². The highest BCUT2D eigenvalue weighted by Crippen LogP contribution is 2.12. The maximum absolute atomic E-state index is 12.1. The molecule has 22 heavy (non-hydrogen) atoms. The van der Waals surface area contributed by atoms with E-state index in [1.54, 1.807) is 24.4 Å². The van der Waals surface area contributed by atoms with Gasteiger partial charge in [-0.1, -0.05) is 36.4 Å². The summed E-state index contributed by atoms with van der Waals surface area (Å²) in [6.07, 6.45) is 2.82. The fraction of sp³-hybridized carbons (Fsp3) is 0. The molecule has 0 aliphatic heterocycles. The number of nitrogens with one attached hydrogen (secondary N) is 2. The Hall–Kier alpha value is -3.28. The Bertz CT molecular complexity index is 845. The Balaban J connectivity index is 1.87. The molecule has 108 valence electrons. The minimum Gasteiger partial charge on any atom is -0.306 e. The number of rotatable bonds is 3. The molecule has 0 saturated carbocycles. The quantitative estimate of drug-likeness (QED) is 0.773. The zero-order valence-corrected chi connectivity index (χ0v) is 11.5. The van der Waals surface area contributed by atoms with E-state index in [-0.39, 0.29) is 5.56 Å². The number of carbonyl (C=O) groups is 1. The molecule has 6 heteroatoms. The Kier molecular flexibility index (Phi) is 3.74. The van der Waals surface area contributed by atoms with Gasteiger partial charge in [0.1, 0.15) is 17.2 Å². The normalized spacial score (nSPS) is 10.2. The van der Waals surface area contributed by atoms with Crippen molar-refractivity contribution in [2.75, 3.05) is 5.32 Å². The number of hydrogen-bond donors (Lipinski definition) is 2. The van der Waals surface area contributed by atoms with Gasteiger partial charge in [-0.15, -0.1) is 0 Å². The first-order valence-corrected chi connectivity index (χ1v) is 6.61. The van der Waals surface area contributed by atoms with E-state index in [2.05, 4.69) is 20.3 Å². The molecule has 0 bridgehead atoms. The van der Waals surface area contributed by atoms with Crippen LogP contribution in [0.25, 0.3) is 11.4 Å². The van der Waals surface area contributed by atoms with Crippen molar-refractivity contribution in [3.8, 4) is 11.4 Å². The van der Waals surface area contributed by atoms with Crippen LogP contribution in [0.4, 0.5) is 5.82 Å². The maximum Gasteiger partial charge on any atom is 0.264 e. The third kappa shape index (κ3) is 2.90. The van der Waals surface area contributed by atoms with Crippen molar-refractivity contribution in [3.63, 3.8) is 0 Å². The van der Waals surface area contributed by atoms with Gasteiger partial charge in [-0.25, -0.2) is 9.97 Å². The van der Waals surface area contributed by atoms with Gasteiger partial charge >= 0.3 is 0 Å². The molecule has 6 nitrogen and oxygen atoms in total. The molecule has 3 aromatic rings. The summed E-state index contributed by atoms with van der Waals surface area (Å²) in [7, 11) is 0. The van der Waals surface area contributed by atoms with Crippen LogP contribution >= 0.6 is 0 Å². The van der Waals surface area contributed by atoms with Gasteiger partial charge in [-0.2, -0.15) is 0 Å². The van der Waals surface area contributed by atoms with Crippen molar-refractivity contribution >= 4 is 11.7 Å². The van der Waals surface area contributed by atoms with Crippen LogP contribution < -0.4 is 10.9 Å². The van der Waals surface area contributed by atoms with Crippen LogP contribution in [0.15, 0.2) is 65.7 Å². The number of carbonyl (C=O) groups excluding carboxylic acids is 1. The van der Waals surface area contributed by atoms with Crippen molar-refractivity contribution in [3.05, 3.63) is 76.8 Å². The van der Waals surface area contributed by atoms with Gasteiger partial charge in [-0.3, -0.25) is 9.59 Å². The second-order valence-corrected chi connectivity index (χ2v) is 4.51. The minimum absolute atomic E-state index is 0.0645. The number of aromatic amines is 1. The van der Waals surface area contributed by atoms with E-state index in [0.29, 0.717) is 11.6 Å². The fourth-order valence-corrected chi connectivity index (χ4v) is 1.92. The molecule has 0 atom stereocenters. The van der Waals surface area contributed by atoms with E-state index in [4.69, 9.17) is 0 Å². The highest BCUT2D eigenvalue weighted by atomic mass is 16.2. The Morgan fingerprint density at radius 3 is 2.45 bits per heavy atom. The van der Waals surface area contributed by atoms with Gasteiger partial charge < -0.3 is 10.3 Å². The van der Waals surface area contributed by atoms with Crippen LogP contribution in [0.5, 0.6) is 0 Å². The highest BCUT2D eigenvalue weighted by Gasteiger charge is 2.13. The highest BCUT2D eigenvalue weighted by molar-refractivity contribution is 6.03. The average Bonchev–Trinajstić information content (AvgIpc) is 2.56. The van der Waals surface area contributed by atoms with E-state index in [1.807, 2.05) is 30.3 Å². The van der Waals surface area contributed by atoms with E-state index < -0.39 is 11.5 Å². The molecule has 3 rings (SSSR count). The Morgan fingerprint density at radius 1 is 1.00 bits per heavy atom. The third-order valence-electron chi connectivity index (χ3n) is 3.00. The van der Waals surface area contributed by atoms with E-state index >= 15 is 0 Å². The minimum atomic E-state index is -0.549. The standard InChI is InChI=1S/C16H12N4O2/c21-15(19-13-8-4-5-9-17-13)12-10-18-14(20-16(12)22)11-6-2-1-3-7-11/h1-10H,(H,17,19,21)(H,18,20,22). The molecule has 0 spiro atoms. The number of H-pyrrole nitrogens is 1. The fourth-order valence-electron chi connectivity index (χ4n) is 1.92. The molecule has 0 aliphatic rings. The van der Waals surface area contributed by atoms with Gasteiger partial charge in [0.05, 0.1) is 0 Å².